The fourth-order valence-electron chi connectivity index (χ4n) is 3.30. The molecule has 2 aliphatic heterocycles. The number of aliphatic hydroxyl groups excluding tert-OH is 7. The van der Waals surface area contributed by atoms with Gasteiger partial charge < -0.3 is 59.4 Å². The maximum atomic E-state index is 10.3. The Morgan fingerprint density at radius 3 is 2.29 bits per heavy atom. The molecule has 0 bridgehead atoms. The lowest BCUT2D eigenvalue weighted by Gasteiger charge is -2.41. The number of aliphatic hydroxyl groups is 7. The molecule has 9 atom stereocenters. The van der Waals surface area contributed by atoms with Crippen LogP contribution >= 0.6 is 0 Å². The fourth-order valence-corrected chi connectivity index (χ4v) is 3.30. The quantitative estimate of drug-likeness (QED) is 0.222. The standard InChI is InChI=1S/C19H28O12/c1-27-11-4-8(5-20)2-3-10(11)30-19-17(26)15(24)14(23)12(31-19)7-29-18-16(25)13(22)9(21)6-28-18/h2-4,9,12-26H,5-7H2,1H3/t9-,12-,13+,14-,15+,16-,17-,18+,19-/m1/s1. The van der Waals surface area contributed by atoms with Gasteiger partial charge >= 0.3 is 0 Å². The summed E-state index contributed by atoms with van der Waals surface area (Å²) in [6, 6.07) is 4.58. The first-order chi connectivity index (χ1) is 14.8. The van der Waals surface area contributed by atoms with Crippen LogP contribution in [0.3, 0.4) is 0 Å². The van der Waals surface area contributed by atoms with Crippen molar-refractivity contribution in [2.24, 2.45) is 0 Å². The van der Waals surface area contributed by atoms with E-state index in [1.165, 1.54) is 19.2 Å². The lowest BCUT2D eigenvalue weighted by molar-refractivity contribution is -0.307. The molecular weight excluding hydrogens is 420 g/mol. The van der Waals surface area contributed by atoms with Crippen LogP contribution in [0.5, 0.6) is 11.5 Å². The summed E-state index contributed by atoms with van der Waals surface area (Å²) in [6.45, 7) is -0.881. The number of hydrogen-bond acceptors (Lipinski definition) is 12. The molecule has 2 aliphatic rings. The summed E-state index contributed by atoms with van der Waals surface area (Å²) in [5, 5.41) is 69.1. The van der Waals surface area contributed by atoms with Gasteiger partial charge in [-0.05, 0) is 17.7 Å². The molecule has 0 radical (unpaired) electrons. The number of benzene rings is 1. The highest BCUT2D eigenvalue weighted by Crippen LogP contribution is 2.32. The fraction of sp³-hybridized carbons (Fsp3) is 0.684. The monoisotopic (exact) mass is 448 g/mol. The number of hydrogen-bond donors (Lipinski definition) is 7. The molecule has 2 fully saturated rings. The number of methoxy groups -OCH3 is 1. The maximum absolute atomic E-state index is 10.3. The molecule has 0 aromatic heterocycles. The first kappa shape index (κ1) is 24.1. The van der Waals surface area contributed by atoms with Crippen molar-refractivity contribution >= 4 is 0 Å². The van der Waals surface area contributed by atoms with Crippen LogP contribution in [-0.4, -0.2) is 111 Å². The van der Waals surface area contributed by atoms with Gasteiger partial charge in [0.1, 0.15) is 42.7 Å². The van der Waals surface area contributed by atoms with Crippen molar-refractivity contribution in [1.29, 1.82) is 0 Å². The van der Waals surface area contributed by atoms with E-state index in [0.29, 0.717) is 5.56 Å². The normalized spacial score (nSPS) is 38.6. The highest BCUT2D eigenvalue weighted by Gasteiger charge is 2.46. The maximum Gasteiger partial charge on any atom is 0.229 e. The Hall–Kier alpha value is -1.58. The Morgan fingerprint density at radius 2 is 1.61 bits per heavy atom. The molecule has 0 aliphatic carbocycles. The number of rotatable bonds is 7. The molecule has 2 heterocycles. The summed E-state index contributed by atoms with van der Waals surface area (Å²) in [6.07, 6.45) is -13.0. The van der Waals surface area contributed by atoms with Gasteiger partial charge in [0.15, 0.2) is 17.8 Å². The minimum atomic E-state index is -1.64. The Balaban J connectivity index is 1.67. The van der Waals surface area contributed by atoms with Gasteiger partial charge in [0, 0.05) is 0 Å². The minimum absolute atomic E-state index is 0.162. The topological polar surface area (TPSA) is 188 Å². The lowest BCUT2D eigenvalue weighted by atomic mass is 9.99. The zero-order valence-electron chi connectivity index (χ0n) is 16.7. The van der Waals surface area contributed by atoms with Gasteiger partial charge in [0.2, 0.25) is 6.29 Å². The summed E-state index contributed by atoms with van der Waals surface area (Å²) in [4.78, 5) is 0. The van der Waals surface area contributed by atoms with Gasteiger partial charge in [-0.25, -0.2) is 0 Å². The van der Waals surface area contributed by atoms with E-state index in [2.05, 4.69) is 0 Å². The van der Waals surface area contributed by atoms with Crippen molar-refractivity contribution in [1.82, 2.24) is 0 Å². The molecule has 1 aromatic carbocycles. The summed E-state index contributed by atoms with van der Waals surface area (Å²) in [5.74, 6) is 0.414. The molecular formula is C19H28O12. The Labute approximate surface area is 177 Å². The van der Waals surface area contributed by atoms with Crippen molar-refractivity contribution in [2.45, 2.75) is 61.9 Å². The second-order valence-corrected chi connectivity index (χ2v) is 7.36. The minimum Gasteiger partial charge on any atom is -0.493 e. The van der Waals surface area contributed by atoms with E-state index in [9.17, 15) is 35.7 Å². The molecule has 176 valence electrons. The van der Waals surface area contributed by atoms with Gasteiger partial charge in [-0.1, -0.05) is 6.07 Å². The summed E-state index contributed by atoms with van der Waals surface area (Å²) in [7, 11) is 1.39. The van der Waals surface area contributed by atoms with Crippen LogP contribution in [0.25, 0.3) is 0 Å². The molecule has 3 rings (SSSR count). The van der Waals surface area contributed by atoms with Crippen LogP contribution in [-0.2, 0) is 20.8 Å². The summed E-state index contributed by atoms with van der Waals surface area (Å²) >= 11 is 0. The van der Waals surface area contributed by atoms with Crippen molar-refractivity contribution in [2.75, 3.05) is 20.3 Å². The molecule has 1 aromatic rings. The zero-order valence-corrected chi connectivity index (χ0v) is 16.7. The largest absolute Gasteiger partial charge is 0.493 e. The van der Waals surface area contributed by atoms with Crippen LogP contribution in [0, 0.1) is 0 Å². The van der Waals surface area contributed by atoms with E-state index < -0.39 is 61.9 Å². The molecule has 0 saturated carbocycles. The van der Waals surface area contributed by atoms with Crippen molar-refractivity contribution in [3.8, 4) is 11.5 Å². The van der Waals surface area contributed by atoms with Crippen LogP contribution in [0.4, 0.5) is 0 Å². The molecule has 31 heavy (non-hydrogen) atoms. The predicted octanol–water partition coefficient (Wildman–Crippen LogP) is -3.17. The van der Waals surface area contributed by atoms with Gasteiger partial charge in [-0.3, -0.25) is 0 Å². The van der Waals surface area contributed by atoms with Crippen LogP contribution < -0.4 is 9.47 Å². The molecule has 12 heteroatoms. The highest BCUT2D eigenvalue weighted by atomic mass is 16.7. The van der Waals surface area contributed by atoms with Gasteiger partial charge in [-0.2, -0.15) is 0 Å². The third-order valence-electron chi connectivity index (χ3n) is 5.20. The Morgan fingerprint density at radius 1 is 0.903 bits per heavy atom. The van der Waals surface area contributed by atoms with Crippen LogP contribution in [0.1, 0.15) is 5.56 Å². The van der Waals surface area contributed by atoms with Gasteiger partial charge in [0.25, 0.3) is 0 Å². The SMILES string of the molecule is COc1cc(CO)ccc1O[C@@H]1O[C@H](CO[C@@H]2OC[C@@H](O)[C@H](O)[C@H]2O)[C@@H](O)[C@H](O)[C@H]1O. The second-order valence-electron chi connectivity index (χ2n) is 7.36. The van der Waals surface area contributed by atoms with E-state index in [-0.39, 0.29) is 24.7 Å². The zero-order chi connectivity index (χ0) is 22.7. The molecule has 0 spiro atoms. The van der Waals surface area contributed by atoms with E-state index in [0.717, 1.165) is 0 Å². The third kappa shape index (κ3) is 5.26. The lowest BCUT2D eigenvalue weighted by Crippen LogP contribution is -2.61. The second kappa shape index (κ2) is 10.4. The highest BCUT2D eigenvalue weighted by molar-refractivity contribution is 5.43. The van der Waals surface area contributed by atoms with Gasteiger partial charge in [0.05, 0.1) is 26.9 Å². The summed E-state index contributed by atoms with van der Waals surface area (Å²) < 4.78 is 26.9. The molecule has 0 unspecified atom stereocenters. The smallest absolute Gasteiger partial charge is 0.229 e. The first-order valence-corrected chi connectivity index (χ1v) is 9.68. The Kier molecular flexibility index (Phi) is 8.04. The van der Waals surface area contributed by atoms with Crippen molar-refractivity contribution in [3.05, 3.63) is 23.8 Å². The number of ether oxygens (including phenoxy) is 5. The van der Waals surface area contributed by atoms with Crippen molar-refractivity contribution in [3.63, 3.8) is 0 Å². The average Bonchev–Trinajstić information content (AvgIpc) is 2.78. The van der Waals surface area contributed by atoms with Crippen LogP contribution in [0.15, 0.2) is 18.2 Å². The van der Waals surface area contributed by atoms with E-state index >= 15 is 0 Å². The van der Waals surface area contributed by atoms with Crippen LogP contribution in [0.2, 0.25) is 0 Å². The predicted molar refractivity (Wildman–Crippen MR) is 99.9 cm³/mol. The molecule has 0 amide bonds. The molecule has 7 N–H and O–H groups in total. The average molecular weight is 448 g/mol. The third-order valence-corrected chi connectivity index (χ3v) is 5.20. The first-order valence-electron chi connectivity index (χ1n) is 9.68. The summed E-state index contributed by atoms with van der Waals surface area (Å²) in [5.41, 5.74) is 0.564. The van der Waals surface area contributed by atoms with Crippen molar-refractivity contribution < 1.29 is 59.4 Å². The molecule has 2 saturated heterocycles. The molecule has 12 nitrogen and oxygen atoms in total. The van der Waals surface area contributed by atoms with E-state index in [1.54, 1.807) is 6.07 Å². The van der Waals surface area contributed by atoms with E-state index in [4.69, 9.17) is 23.7 Å². The van der Waals surface area contributed by atoms with E-state index in [1.807, 2.05) is 0 Å². The van der Waals surface area contributed by atoms with Gasteiger partial charge in [-0.15, -0.1) is 0 Å². The Bertz CT molecular complexity index is 717.